The minimum Gasteiger partial charge on any atom is -0.383 e. The van der Waals surface area contributed by atoms with Gasteiger partial charge in [0.05, 0.1) is 6.61 Å². The summed E-state index contributed by atoms with van der Waals surface area (Å²) in [7, 11) is 1.73. The molecule has 0 radical (unpaired) electrons. The predicted octanol–water partition coefficient (Wildman–Crippen LogP) is 3.57. The summed E-state index contributed by atoms with van der Waals surface area (Å²) in [5, 5.41) is 4.73. The van der Waals surface area contributed by atoms with Crippen molar-refractivity contribution >= 4 is 10.9 Å². The lowest BCUT2D eigenvalue weighted by Gasteiger charge is -2.08. The first kappa shape index (κ1) is 15.1. The zero-order valence-corrected chi connectivity index (χ0v) is 12.7. The Bertz CT molecular complexity index is 519. The third kappa shape index (κ3) is 4.09. The van der Waals surface area contributed by atoms with Crippen molar-refractivity contribution in [2.75, 3.05) is 20.3 Å². The van der Waals surface area contributed by atoms with E-state index in [1.165, 1.54) is 35.7 Å². The number of benzene rings is 1. The molecular formula is C17H26N2O. The lowest BCUT2D eigenvalue weighted by molar-refractivity contribution is 0.199. The number of fused-ring (bicyclic) bond motifs is 1. The summed E-state index contributed by atoms with van der Waals surface area (Å²) < 4.78 is 7.42. The van der Waals surface area contributed by atoms with Gasteiger partial charge in [-0.05, 0) is 29.5 Å². The van der Waals surface area contributed by atoms with Crippen molar-refractivity contribution in [1.29, 1.82) is 0 Å². The molecule has 110 valence electrons. The van der Waals surface area contributed by atoms with Gasteiger partial charge >= 0.3 is 0 Å². The Labute approximate surface area is 121 Å². The SMILES string of the molecule is CCCCCn1ccc2ccc(CNCCOC)cc21. The third-order valence-electron chi connectivity index (χ3n) is 3.65. The van der Waals surface area contributed by atoms with Crippen molar-refractivity contribution in [3.8, 4) is 0 Å². The maximum Gasteiger partial charge on any atom is 0.0587 e. The molecule has 0 aliphatic carbocycles. The van der Waals surface area contributed by atoms with Crippen LogP contribution < -0.4 is 5.32 Å². The molecule has 0 fully saturated rings. The first-order valence-corrected chi connectivity index (χ1v) is 7.62. The highest BCUT2D eigenvalue weighted by atomic mass is 16.5. The summed E-state index contributed by atoms with van der Waals surface area (Å²) in [6, 6.07) is 8.95. The number of hydrogen-bond donors (Lipinski definition) is 1. The van der Waals surface area contributed by atoms with E-state index in [0.717, 1.165) is 26.2 Å². The molecule has 0 aliphatic heterocycles. The minimum absolute atomic E-state index is 0.760. The minimum atomic E-state index is 0.760. The molecule has 1 aromatic carbocycles. The molecule has 1 heterocycles. The average molecular weight is 274 g/mol. The lowest BCUT2D eigenvalue weighted by Crippen LogP contribution is -2.18. The standard InChI is InChI=1S/C17H26N2O/c1-3-4-5-10-19-11-8-16-7-6-15(13-17(16)19)14-18-9-12-20-2/h6-8,11,13,18H,3-5,9-10,12,14H2,1-2H3. The van der Waals surface area contributed by atoms with Crippen LogP contribution in [0.2, 0.25) is 0 Å². The van der Waals surface area contributed by atoms with E-state index in [4.69, 9.17) is 4.74 Å². The molecule has 0 saturated carbocycles. The van der Waals surface area contributed by atoms with Crippen LogP contribution in [-0.2, 0) is 17.8 Å². The Hall–Kier alpha value is -1.32. The van der Waals surface area contributed by atoms with Crippen LogP contribution in [0.5, 0.6) is 0 Å². The van der Waals surface area contributed by atoms with Gasteiger partial charge in [0, 0.05) is 38.5 Å². The maximum atomic E-state index is 5.05. The zero-order chi connectivity index (χ0) is 14.2. The lowest BCUT2D eigenvalue weighted by atomic mass is 10.1. The highest BCUT2D eigenvalue weighted by Gasteiger charge is 2.02. The van der Waals surface area contributed by atoms with Crippen molar-refractivity contribution in [1.82, 2.24) is 9.88 Å². The van der Waals surface area contributed by atoms with Gasteiger partial charge in [0.2, 0.25) is 0 Å². The highest BCUT2D eigenvalue weighted by Crippen LogP contribution is 2.18. The normalized spacial score (nSPS) is 11.3. The summed E-state index contributed by atoms with van der Waals surface area (Å²) in [5.74, 6) is 0. The fraction of sp³-hybridized carbons (Fsp3) is 0.529. The van der Waals surface area contributed by atoms with Gasteiger partial charge in [-0.3, -0.25) is 0 Å². The quantitative estimate of drug-likeness (QED) is 0.708. The first-order chi connectivity index (χ1) is 9.85. The predicted molar refractivity (Wildman–Crippen MR) is 85.0 cm³/mol. The molecule has 2 aromatic rings. The number of nitrogens with zero attached hydrogens (tertiary/aromatic N) is 1. The molecule has 0 unspecified atom stereocenters. The van der Waals surface area contributed by atoms with E-state index < -0.39 is 0 Å². The second-order valence-electron chi connectivity index (χ2n) is 5.28. The van der Waals surface area contributed by atoms with E-state index >= 15 is 0 Å². The molecule has 0 bridgehead atoms. The molecule has 0 spiro atoms. The molecule has 3 heteroatoms. The molecule has 0 atom stereocenters. The summed E-state index contributed by atoms with van der Waals surface area (Å²) in [6.07, 6.45) is 6.05. The van der Waals surface area contributed by atoms with E-state index in [2.05, 4.69) is 47.3 Å². The first-order valence-electron chi connectivity index (χ1n) is 7.62. The number of ether oxygens (including phenoxy) is 1. The molecule has 0 amide bonds. The van der Waals surface area contributed by atoms with Crippen LogP contribution in [-0.4, -0.2) is 24.8 Å². The topological polar surface area (TPSA) is 26.2 Å². The summed E-state index contributed by atoms with van der Waals surface area (Å²) in [6.45, 7) is 5.93. The van der Waals surface area contributed by atoms with E-state index in [1.807, 2.05) is 0 Å². The van der Waals surface area contributed by atoms with Crippen molar-refractivity contribution in [2.24, 2.45) is 0 Å². The van der Waals surface area contributed by atoms with Gasteiger partial charge in [0.1, 0.15) is 0 Å². The number of rotatable bonds is 9. The van der Waals surface area contributed by atoms with Gasteiger partial charge < -0.3 is 14.6 Å². The number of hydrogen-bond acceptors (Lipinski definition) is 2. The van der Waals surface area contributed by atoms with Crippen LogP contribution in [0.1, 0.15) is 31.7 Å². The largest absolute Gasteiger partial charge is 0.383 e. The van der Waals surface area contributed by atoms with Crippen LogP contribution in [0, 0.1) is 0 Å². The van der Waals surface area contributed by atoms with Crippen molar-refractivity contribution < 1.29 is 4.74 Å². The Morgan fingerprint density at radius 1 is 1.20 bits per heavy atom. The Morgan fingerprint density at radius 3 is 2.90 bits per heavy atom. The molecule has 0 saturated heterocycles. The van der Waals surface area contributed by atoms with E-state index in [0.29, 0.717) is 0 Å². The summed E-state index contributed by atoms with van der Waals surface area (Å²) in [4.78, 5) is 0. The van der Waals surface area contributed by atoms with E-state index in [1.54, 1.807) is 7.11 Å². The smallest absolute Gasteiger partial charge is 0.0587 e. The molecule has 1 N–H and O–H groups in total. The van der Waals surface area contributed by atoms with Gasteiger partial charge in [0.25, 0.3) is 0 Å². The zero-order valence-electron chi connectivity index (χ0n) is 12.7. The summed E-state index contributed by atoms with van der Waals surface area (Å²) in [5.41, 5.74) is 2.69. The van der Waals surface area contributed by atoms with E-state index in [9.17, 15) is 0 Å². The van der Waals surface area contributed by atoms with Gasteiger partial charge in [-0.15, -0.1) is 0 Å². The summed E-state index contributed by atoms with van der Waals surface area (Å²) >= 11 is 0. The highest BCUT2D eigenvalue weighted by molar-refractivity contribution is 5.80. The number of unbranched alkanes of at least 4 members (excludes halogenated alkanes) is 2. The fourth-order valence-corrected chi connectivity index (χ4v) is 2.47. The maximum absolute atomic E-state index is 5.05. The second kappa shape index (κ2) is 8.08. The molecule has 2 rings (SSSR count). The van der Waals surface area contributed by atoms with Crippen LogP contribution in [0.15, 0.2) is 30.5 Å². The Balaban J connectivity index is 2.00. The van der Waals surface area contributed by atoms with Crippen molar-refractivity contribution in [3.05, 3.63) is 36.0 Å². The van der Waals surface area contributed by atoms with Crippen molar-refractivity contribution in [3.63, 3.8) is 0 Å². The van der Waals surface area contributed by atoms with Gasteiger partial charge in [0.15, 0.2) is 0 Å². The van der Waals surface area contributed by atoms with Crippen LogP contribution >= 0.6 is 0 Å². The number of nitrogens with one attached hydrogen (secondary N) is 1. The van der Waals surface area contributed by atoms with Crippen LogP contribution in [0.25, 0.3) is 10.9 Å². The fourth-order valence-electron chi connectivity index (χ4n) is 2.47. The Kier molecular flexibility index (Phi) is 6.09. The molecule has 20 heavy (non-hydrogen) atoms. The average Bonchev–Trinajstić information content (AvgIpc) is 2.87. The Morgan fingerprint density at radius 2 is 2.10 bits per heavy atom. The van der Waals surface area contributed by atoms with Gasteiger partial charge in [-0.1, -0.05) is 31.9 Å². The molecule has 0 aliphatic rings. The molecular weight excluding hydrogens is 248 g/mol. The van der Waals surface area contributed by atoms with Crippen LogP contribution in [0.3, 0.4) is 0 Å². The van der Waals surface area contributed by atoms with Crippen LogP contribution in [0.4, 0.5) is 0 Å². The molecule has 3 nitrogen and oxygen atoms in total. The monoisotopic (exact) mass is 274 g/mol. The van der Waals surface area contributed by atoms with Crippen molar-refractivity contribution in [2.45, 2.75) is 39.3 Å². The number of methoxy groups -OCH3 is 1. The second-order valence-corrected chi connectivity index (χ2v) is 5.28. The molecule has 1 aromatic heterocycles. The van der Waals surface area contributed by atoms with E-state index in [-0.39, 0.29) is 0 Å². The third-order valence-corrected chi connectivity index (χ3v) is 3.65. The van der Waals surface area contributed by atoms with Gasteiger partial charge in [-0.25, -0.2) is 0 Å². The number of aryl methyl sites for hydroxylation is 1. The number of aromatic nitrogens is 1. The van der Waals surface area contributed by atoms with Gasteiger partial charge in [-0.2, -0.15) is 0 Å².